The molecular formula is CH2Li2MgO5. The van der Waals surface area contributed by atoms with Crippen molar-refractivity contribution < 1.29 is 63.7 Å². The van der Waals surface area contributed by atoms with Crippen LogP contribution in [0, 0.1) is 0 Å². The molecule has 0 unspecified atom stereocenters. The van der Waals surface area contributed by atoms with Gasteiger partial charge in [0, 0.05) is 0 Å². The molecule has 0 amide bonds. The van der Waals surface area contributed by atoms with Crippen molar-refractivity contribution in [1.82, 2.24) is 0 Å². The molecule has 0 heterocycles. The first-order chi connectivity index (χ1) is 1.73. The van der Waals surface area contributed by atoms with Crippen molar-refractivity contribution >= 4 is 29.2 Å². The van der Waals surface area contributed by atoms with Gasteiger partial charge in [-0.1, -0.05) is 0 Å². The topological polar surface area (TPSA) is 123 Å². The van der Waals surface area contributed by atoms with Crippen LogP contribution in [0.4, 0.5) is 4.79 Å². The smallest absolute Gasteiger partial charge is 0.870 e. The standard InChI is InChI=1S/CH2O3.2Li.Mg.2H2O/c2-1(3)4;;;;;/h(H2,2,3,4);;;;2*1H2/q;2*+1;+2;;/p-4. The Labute approximate surface area is 92.3 Å². The Hall–Kier alpha value is 1.15. The van der Waals surface area contributed by atoms with Crippen molar-refractivity contribution in [2.45, 2.75) is 0 Å². The summed E-state index contributed by atoms with van der Waals surface area (Å²) in [5, 5.41) is 16.7. The molecule has 0 bridgehead atoms. The fraction of sp³-hybridized carbons (Fsp3) is 0. The maximum atomic E-state index is 8.33. The van der Waals surface area contributed by atoms with E-state index in [2.05, 4.69) is 0 Å². The molecule has 0 aromatic carbocycles. The summed E-state index contributed by atoms with van der Waals surface area (Å²) in [6.07, 6.45) is -2.33. The minimum absolute atomic E-state index is 0. The zero-order chi connectivity index (χ0) is 3.58. The molecule has 0 radical (unpaired) electrons. The fourth-order valence-electron chi connectivity index (χ4n) is 0. The van der Waals surface area contributed by atoms with Crippen molar-refractivity contribution in [3.05, 3.63) is 0 Å². The van der Waals surface area contributed by atoms with Gasteiger partial charge in [0.1, 0.15) is 0 Å². The first-order valence-corrected chi connectivity index (χ1v) is 0.612. The van der Waals surface area contributed by atoms with Gasteiger partial charge in [0.05, 0.1) is 0 Å². The average Bonchev–Trinajstić information content (AvgIpc) is 0.811. The van der Waals surface area contributed by atoms with Crippen LogP contribution < -0.4 is 47.9 Å². The van der Waals surface area contributed by atoms with E-state index >= 15 is 0 Å². The van der Waals surface area contributed by atoms with Gasteiger partial charge in [-0.2, -0.15) is 0 Å². The predicted molar refractivity (Wildman–Crippen MR) is 15.0 cm³/mol. The van der Waals surface area contributed by atoms with Crippen molar-refractivity contribution in [2.24, 2.45) is 0 Å². The molecule has 2 N–H and O–H groups in total. The molecule has 0 aliphatic rings. The molecular weight excluding hydrogens is 130 g/mol. The molecule has 0 aromatic rings. The summed E-state index contributed by atoms with van der Waals surface area (Å²) in [5.74, 6) is 0. The van der Waals surface area contributed by atoms with Gasteiger partial charge in [-0.25, -0.2) is 0 Å². The van der Waals surface area contributed by atoms with Crippen LogP contribution in [0.1, 0.15) is 0 Å². The van der Waals surface area contributed by atoms with Crippen LogP contribution in [0.5, 0.6) is 0 Å². The first-order valence-electron chi connectivity index (χ1n) is 0.612. The van der Waals surface area contributed by atoms with E-state index in [1.807, 2.05) is 0 Å². The fourth-order valence-corrected chi connectivity index (χ4v) is 0. The molecule has 0 aliphatic carbocycles. The van der Waals surface area contributed by atoms with Crippen LogP contribution in [0.15, 0.2) is 0 Å². The summed E-state index contributed by atoms with van der Waals surface area (Å²) in [6, 6.07) is 0. The van der Waals surface area contributed by atoms with Gasteiger partial charge in [-0.05, 0) is 6.16 Å². The largest absolute Gasteiger partial charge is 2.00 e. The van der Waals surface area contributed by atoms with Gasteiger partial charge >= 0.3 is 60.8 Å². The maximum Gasteiger partial charge on any atom is 2.00 e. The van der Waals surface area contributed by atoms with E-state index in [4.69, 9.17) is 15.0 Å². The Morgan fingerprint density at radius 2 is 1.00 bits per heavy atom. The average molecular weight is 132 g/mol. The quantitative estimate of drug-likeness (QED) is 0.303. The number of hydrogen-bond acceptors (Lipinski definition) is 5. The van der Waals surface area contributed by atoms with Crippen LogP contribution in [-0.2, 0) is 0 Å². The summed E-state index contributed by atoms with van der Waals surface area (Å²) in [7, 11) is 0. The first kappa shape index (κ1) is 49.3. The van der Waals surface area contributed by atoms with Crippen molar-refractivity contribution in [3.8, 4) is 0 Å². The van der Waals surface area contributed by atoms with Gasteiger partial charge in [0.2, 0.25) is 0 Å². The summed E-state index contributed by atoms with van der Waals surface area (Å²) in [4.78, 5) is 8.33. The number of hydrogen-bond donors (Lipinski definition) is 0. The monoisotopic (exact) mass is 132 g/mol. The number of carbonyl (C=O) groups excluding carboxylic acids is 1. The Bertz CT molecular complexity index is 37.9. The van der Waals surface area contributed by atoms with Crippen LogP contribution in [-0.4, -0.2) is 40.2 Å². The molecule has 5 nitrogen and oxygen atoms in total. The van der Waals surface area contributed by atoms with E-state index in [1.54, 1.807) is 0 Å². The number of rotatable bonds is 0. The van der Waals surface area contributed by atoms with E-state index in [1.165, 1.54) is 0 Å². The summed E-state index contributed by atoms with van der Waals surface area (Å²) < 4.78 is 0. The van der Waals surface area contributed by atoms with Crippen molar-refractivity contribution in [2.75, 3.05) is 0 Å². The van der Waals surface area contributed by atoms with E-state index in [0.29, 0.717) is 0 Å². The van der Waals surface area contributed by atoms with Gasteiger partial charge < -0.3 is 26.0 Å². The Kier molecular flexibility index (Phi) is 193. The molecule has 8 heteroatoms. The Morgan fingerprint density at radius 1 is 1.00 bits per heavy atom. The van der Waals surface area contributed by atoms with Crippen LogP contribution in [0.3, 0.4) is 0 Å². The molecule has 0 aliphatic heterocycles. The van der Waals surface area contributed by atoms with Crippen molar-refractivity contribution in [1.29, 1.82) is 0 Å². The number of carbonyl (C=O) groups is 1. The molecule has 40 valence electrons. The molecule has 0 fully saturated rings. The van der Waals surface area contributed by atoms with E-state index in [0.717, 1.165) is 0 Å². The molecule has 0 saturated heterocycles. The molecule has 0 rings (SSSR count). The molecule has 0 aromatic heterocycles. The maximum absolute atomic E-state index is 8.33. The van der Waals surface area contributed by atoms with Crippen LogP contribution in [0.25, 0.3) is 0 Å². The normalized spacial score (nSPS) is 2.67. The zero-order valence-electron chi connectivity index (χ0n) is 5.33. The van der Waals surface area contributed by atoms with E-state index in [9.17, 15) is 0 Å². The second-order valence-corrected chi connectivity index (χ2v) is 0.250. The Balaban J connectivity index is -0.00000000450. The van der Waals surface area contributed by atoms with E-state index < -0.39 is 6.16 Å². The number of carboxylic acid groups (broad SMARTS) is 2. The third-order valence-corrected chi connectivity index (χ3v) is 0. The second kappa shape index (κ2) is 35.3. The summed E-state index contributed by atoms with van der Waals surface area (Å²) >= 11 is 0. The predicted octanol–water partition coefficient (Wildman–Crippen LogP) is -9.17. The van der Waals surface area contributed by atoms with Gasteiger partial charge in [0.25, 0.3) is 0 Å². The third kappa shape index (κ3) is 353. The minimum atomic E-state index is -2.33. The SMILES string of the molecule is O=C([O-])[O-].[Li+].[Li+].[Mg+2].[OH-].[OH-]. The van der Waals surface area contributed by atoms with Crippen LogP contribution in [0.2, 0.25) is 0 Å². The van der Waals surface area contributed by atoms with Gasteiger partial charge in [-0.15, -0.1) is 0 Å². The zero-order valence-corrected chi connectivity index (χ0v) is 6.74. The molecule has 9 heavy (non-hydrogen) atoms. The molecule has 0 spiro atoms. The minimum Gasteiger partial charge on any atom is -0.870 e. The summed E-state index contributed by atoms with van der Waals surface area (Å²) in [5.41, 5.74) is 0. The third-order valence-electron chi connectivity index (χ3n) is 0. The van der Waals surface area contributed by atoms with Crippen LogP contribution >= 0.6 is 0 Å². The van der Waals surface area contributed by atoms with Gasteiger partial charge in [0.15, 0.2) is 0 Å². The van der Waals surface area contributed by atoms with E-state index in [-0.39, 0.29) is 71.7 Å². The van der Waals surface area contributed by atoms with Crippen molar-refractivity contribution in [3.63, 3.8) is 0 Å². The summed E-state index contributed by atoms with van der Waals surface area (Å²) in [6.45, 7) is 0. The Morgan fingerprint density at radius 3 is 1.00 bits per heavy atom. The van der Waals surface area contributed by atoms with Gasteiger partial charge in [-0.3, -0.25) is 0 Å². The molecule has 0 saturated carbocycles. The second-order valence-electron chi connectivity index (χ2n) is 0.250. The molecule has 0 atom stereocenters.